The summed E-state index contributed by atoms with van der Waals surface area (Å²) in [7, 11) is 0. The number of rotatable bonds is 7. The lowest BCUT2D eigenvalue weighted by molar-refractivity contribution is -0.118. The van der Waals surface area contributed by atoms with Crippen molar-refractivity contribution in [1.82, 2.24) is 5.32 Å². The molecule has 0 aliphatic heterocycles. The zero-order valence-corrected chi connectivity index (χ0v) is 19.6. The van der Waals surface area contributed by atoms with E-state index < -0.39 is 0 Å². The Hall–Kier alpha value is -3.64. The molecular weight excluding hydrogens is 480 g/mol. The quantitative estimate of drug-likeness (QED) is 0.320. The number of amides is 2. The second-order valence-electron chi connectivity index (χ2n) is 7.59. The summed E-state index contributed by atoms with van der Waals surface area (Å²) in [6.45, 7) is 1.73. The van der Waals surface area contributed by atoms with Crippen LogP contribution >= 0.6 is 15.9 Å². The molecule has 0 aliphatic rings. The zero-order chi connectivity index (χ0) is 23.2. The zero-order valence-electron chi connectivity index (χ0n) is 18.0. The maximum absolute atomic E-state index is 12.9. The Morgan fingerprint density at radius 3 is 2.39 bits per heavy atom. The molecule has 4 aromatic rings. The van der Waals surface area contributed by atoms with Gasteiger partial charge in [0.25, 0.3) is 11.8 Å². The van der Waals surface area contributed by atoms with Crippen molar-refractivity contribution in [2.75, 3.05) is 11.9 Å². The first-order chi connectivity index (χ1) is 16.0. The predicted molar refractivity (Wildman–Crippen MR) is 135 cm³/mol. The standard InChI is InChI=1S/C27H23BrN2O3/c1-18(19-9-3-2-4-10-19)29-27(32)22-13-7-8-14-23(22)30-25(31)17-33-24-16-15-20-11-5-6-12-21(20)26(24)28/h2-16,18H,17H2,1H3,(H,29,32)(H,30,31). The summed E-state index contributed by atoms with van der Waals surface area (Å²) in [5, 5.41) is 7.85. The first kappa shape index (κ1) is 22.6. The molecule has 1 atom stereocenters. The number of fused-ring (bicyclic) bond motifs is 1. The molecule has 33 heavy (non-hydrogen) atoms. The van der Waals surface area contributed by atoms with Crippen molar-refractivity contribution in [3.63, 3.8) is 0 Å². The van der Waals surface area contributed by atoms with Gasteiger partial charge in [-0.1, -0.05) is 72.8 Å². The van der Waals surface area contributed by atoms with Gasteiger partial charge in [0.15, 0.2) is 6.61 Å². The van der Waals surface area contributed by atoms with Gasteiger partial charge in [0, 0.05) is 0 Å². The number of nitrogens with one attached hydrogen (secondary N) is 2. The van der Waals surface area contributed by atoms with Crippen molar-refractivity contribution in [1.29, 1.82) is 0 Å². The Bertz CT molecular complexity index is 1290. The Morgan fingerprint density at radius 2 is 1.58 bits per heavy atom. The second kappa shape index (κ2) is 10.3. The maximum Gasteiger partial charge on any atom is 0.262 e. The van der Waals surface area contributed by atoms with Crippen LogP contribution < -0.4 is 15.4 Å². The van der Waals surface area contributed by atoms with Crippen molar-refractivity contribution in [2.24, 2.45) is 0 Å². The summed E-state index contributed by atoms with van der Waals surface area (Å²) in [4.78, 5) is 25.5. The summed E-state index contributed by atoms with van der Waals surface area (Å²) < 4.78 is 6.54. The third-order valence-corrected chi connectivity index (χ3v) is 6.10. The smallest absolute Gasteiger partial charge is 0.262 e. The van der Waals surface area contributed by atoms with Gasteiger partial charge in [0.2, 0.25) is 0 Å². The van der Waals surface area contributed by atoms with Crippen LogP contribution in [0.15, 0.2) is 95.5 Å². The first-order valence-corrected chi connectivity index (χ1v) is 11.4. The van der Waals surface area contributed by atoms with Gasteiger partial charge in [-0.2, -0.15) is 0 Å². The molecule has 6 heteroatoms. The highest BCUT2D eigenvalue weighted by molar-refractivity contribution is 9.10. The van der Waals surface area contributed by atoms with Gasteiger partial charge in [-0.3, -0.25) is 9.59 Å². The van der Waals surface area contributed by atoms with Crippen LogP contribution in [0.5, 0.6) is 5.75 Å². The van der Waals surface area contributed by atoms with Gasteiger partial charge < -0.3 is 15.4 Å². The van der Waals surface area contributed by atoms with Crippen LogP contribution in [0, 0.1) is 0 Å². The van der Waals surface area contributed by atoms with Gasteiger partial charge in [-0.25, -0.2) is 0 Å². The Kier molecular flexibility index (Phi) is 7.05. The largest absolute Gasteiger partial charge is 0.483 e. The fourth-order valence-electron chi connectivity index (χ4n) is 3.54. The van der Waals surface area contributed by atoms with Crippen molar-refractivity contribution >= 4 is 44.2 Å². The Balaban J connectivity index is 1.42. The average Bonchev–Trinajstić information content (AvgIpc) is 2.84. The molecule has 1 unspecified atom stereocenters. The highest BCUT2D eigenvalue weighted by atomic mass is 79.9. The fourth-order valence-corrected chi connectivity index (χ4v) is 4.15. The Labute approximate surface area is 200 Å². The molecule has 0 fully saturated rings. The topological polar surface area (TPSA) is 67.4 Å². The van der Waals surface area contributed by atoms with Crippen molar-refractivity contribution in [3.05, 3.63) is 107 Å². The lowest BCUT2D eigenvalue weighted by atomic mass is 10.1. The number of ether oxygens (including phenoxy) is 1. The SMILES string of the molecule is CC(NC(=O)c1ccccc1NC(=O)COc1ccc2ccccc2c1Br)c1ccccc1. The Morgan fingerprint density at radius 1 is 0.879 bits per heavy atom. The van der Waals surface area contributed by atoms with E-state index in [0.717, 1.165) is 20.8 Å². The number of hydrogen-bond donors (Lipinski definition) is 2. The normalized spacial score (nSPS) is 11.6. The van der Waals surface area contributed by atoms with Crippen LogP contribution in [-0.2, 0) is 4.79 Å². The van der Waals surface area contributed by atoms with Crippen LogP contribution in [0.2, 0.25) is 0 Å². The molecule has 0 saturated heterocycles. The molecule has 0 radical (unpaired) electrons. The van der Waals surface area contributed by atoms with Crippen molar-refractivity contribution in [2.45, 2.75) is 13.0 Å². The summed E-state index contributed by atoms with van der Waals surface area (Å²) in [6, 6.07) is 28.1. The summed E-state index contributed by atoms with van der Waals surface area (Å²) in [5.41, 5.74) is 1.82. The molecule has 0 aliphatic carbocycles. The minimum atomic E-state index is -0.355. The van der Waals surface area contributed by atoms with Crippen molar-refractivity contribution in [3.8, 4) is 5.75 Å². The van der Waals surface area contributed by atoms with E-state index in [4.69, 9.17) is 4.74 Å². The molecular formula is C27H23BrN2O3. The maximum atomic E-state index is 12.9. The molecule has 0 spiro atoms. The lowest BCUT2D eigenvalue weighted by Crippen LogP contribution is -2.28. The number of hydrogen-bond acceptors (Lipinski definition) is 3. The molecule has 2 amide bonds. The number of benzene rings is 4. The molecule has 0 bridgehead atoms. The molecule has 4 rings (SSSR count). The monoisotopic (exact) mass is 502 g/mol. The molecule has 2 N–H and O–H groups in total. The van der Waals surface area contributed by atoms with Crippen LogP contribution in [0.1, 0.15) is 28.9 Å². The van der Waals surface area contributed by atoms with Gasteiger partial charge in [0.1, 0.15) is 5.75 Å². The molecule has 4 aromatic carbocycles. The van der Waals surface area contributed by atoms with Crippen molar-refractivity contribution < 1.29 is 14.3 Å². The molecule has 166 valence electrons. The highest BCUT2D eigenvalue weighted by Crippen LogP contribution is 2.33. The van der Waals surface area contributed by atoms with E-state index in [9.17, 15) is 9.59 Å². The molecule has 0 saturated carbocycles. The van der Waals surface area contributed by atoms with E-state index >= 15 is 0 Å². The minimum Gasteiger partial charge on any atom is -0.483 e. The third kappa shape index (κ3) is 5.41. The van der Waals surface area contributed by atoms with E-state index in [1.54, 1.807) is 24.3 Å². The molecule has 5 nitrogen and oxygen atoms in total. The van der Waals surface area contributed by atoms with E-state index in [-0.39, 0.29) is 24.5 Å². The van der Waals surface area contributed by atoms with Crippen LogP contribution in [-0.4, -0.2) is 18.4 Å². The van der Waals surface area contributed by atoms with E-state index in [1.807, 2.05) is 73.7 Å². The first-order valence-electron chi connectivity index (χ1n) is 10.6. The predicted octanol–water partition coefficient (Wildman–Crippen LogP) is 6.11. The second-order valence-corrected chi connectivity index (χ2v) is 8.38. The van der Waals surface area contributed by atoms with Gasteiger partial charge in [0.05, 0.1) is 21.8 Å². The fraction of sp³-hybridized carbons (Fsp3) is 0.111. The van der Waals surface area contributed by atoms with Gasteiger partial charge in [-0.15, -0.1) is 0 Å². The van der Waals surface area contributed by atoms with E-state index in [1.165, 1.54) is 0 Å². The number of para-hydroxylation sites is 1. The third-order valence-electron chi connectivity index (χ3n) is 5.28. The lowest BCUT2D eigenvalue weighted by Gasteiger charge is -2.16. The molecule has 0 aromatic heterocycles. The number of halogens is 1. The van der Waals surface area contributed by atoms with Gasteiger partial charge in [-0.05, 0) is 57.4 Å². The summed E-state index contributed by atoms with van der Waals surface area (Å²) in [6.07, 6.45) is 0. The van der Waals surface area contributed by atoms with Gasteiger partial charge >= 0.3 is 0 Å². The highest BCUT2D eigenvalue weighted by Gasteiger charge is 2.16. The average molecular weight is 503 g/mol. The van der Waals surface area contributed by atoms with Crippen LogP contribution in [0.4, 0.5) is 5.69 Å². The van der Waals surface area contributed by atoms with E-state index in [2.05, 4.69) is 26.6 Å². The molecule has 0 heterocycles. The van der Waals surface area contributed by atoms with E-state index in [0.29, 0.717) is 17.0 Å². The van der Waals surface area contributed by atoms with Crippen LogP contribution in [0.25, 0.3) is 10.8 Å². The number of carbonyl (C=O) groups excluding carboxylic acids is 2. The van der Waals surface area contributed by atoms with Crippen LogP contribution in [0.3, 0.4) is 0 Å². The number of anilines is 1. The summed E-state index contributed by atoms with van der Waals surface area (Å²) >= 11 is 3.56. The summed E-state index contributed by atoms with van der Waals surface area (Å²) in [5.74, 6) is -0.0431. The minimum absolute atomic E-state index is 0.170. The number of carbonyl (C=O) groups is 2.